The van der Waals surface area contributed by atoms with Crippen LogP contribution in [0.25, 0.3) is 0 Å². The van der Waals surface area contributed by atoms with Crippen LogP contribution in [-0.4, -0.2) is 106 Å². The lowest BCUT2D eigenvalue weighted by atomic mass is 9.76. The van der Waals surface area contributed by atoms with Crippen LogP contribution in [0.5, 0.6) is 0 Å². The molecule has 5 aliphatic rings. The fourth-order valence-corrected chi connectivity index (χ4v) is 7.42. The number of Topliss-reactive ketones (excluding diaryl/α,β-unsaturated/α-hetero) is 2. The summed E-state index contributed by atoms with van der Waals surface area (Å²) in [5, 5.41) is 0.445. The highest BCUT2D eigenvalue weighted by atomic mass is 32.2. The highest BCUT2D eigenvalue weighted by Crippen LogP contribution is 2.61. The lowest BCUT2D eigenvalue weighted by Crippen LogP contribution is -2.56. The largest absolute Gasteiger partial charge is 0.449 e. The lowest BCUT2D eigenvalue weighted by Gasteiger charge is -2.41. The van der Waals surface area contributed by atoms with Gasteiger partial charge in [-0.15, -0.1) is 0 Å². The standard InChI is InChI=1S/C23H25N5O8S/c1-11(29)28-14-8-27-16-15(12(9-34-20(24)32)22(27,33-2)18(14)28)19(31)23(35-6-7-36-23)13(17(16)30)10-37-21-25-4-3-5-26-21/h3-5,12-14,18H,6-10H2,1-2H3,(H2,24,32)/t12-,13?,14+,18+,22-,28?/m1/s1. The number of carbonyl (C=O) groups excluding carboxylic acids is 4. The second kappa shape index (κ2) is 8.48. The van der Waals surface area contributed by atoms with Gasteiger partial charge in [-0.3, -0.25) is 14.4 Å². The number of piperazine rings is 1. The Morgan fingerprint density at radius 3 is 2.54 bits per heavy atom. The third-order valence-electron chi connectivity index (χ3n) is 7.81. The monoisotopic (exact) mass is 531 g/mol. The molecule has 0 radical (unpaired) electrons. The van der Waals surface area contributed by atoms with E-state index >= 15 is 0 Å². The van der Waals surface area contributed by atoms with Crippen LogP contribution in [0.1, 0.15) is 6.92 Å². The van der Waals surface area contributed by atoms with Crippen LogP contribution in [0.4, 0.5) is 4.79 Å². The molecule has 3 saturated heterocycles. The molecule has 2 N–H and O–H groups in total. The molecule has 1 aliphatic carbocycles. The fourth-order valence-electron chi connectivity index (χ4n) is 6.46. The second-order valence-corrected chi connectivity index (χ2v) is 10.4. The maximum atomic E-state index is 14.2. The number of carbonyl (C=O) groups is 4. The van der Waals surface area contributed by atoms with Gasteiger partial charge in [0.15, 0.2) is 16.7 Å². The summed E-state index contributed by atoms with van der Waals surface area (Å²) in [7, 11) is 1.45. The zero-order valence-electron chi connectivity index (χ0n) is 20.1. The van der Waals surface area contributed by atoms with Gasteiger partial charge >= 0.3 is 6.09 Å². The third kappa shape index (κ3) is 3.22. The summed E-state index contributed by atoms with van der Waals surface area (Å²) in [5.74, 6) is -4.60. The predicted molar refractivity (Wildman–Crippen MR) is 123 cm³/mol. The number of fused-ring (bicyclic) bond motifs is 4. The second-order valence-electron chi connectivity index (χ2n) is 9.40. The molecule has 1 aromatic heterocycles. The Morgan fingerprint density at radius 2 is 1.92 bits per heavy atom. The van der Waals surface area contributed by atoms with Crippen molar-refractivity contribution in [2.24, 2.45) is 17.6 Å². The van der Waals surface area contributed by atoms with Crippen LogP contribution < -0.4 is 5.73 Å². The number of allylic oxidation sites excluding steroid dienone is 1. The highest BCUT2D eigenvalue weighted by Gasteiger charge is 2.79. The number of ether oxygens (including phenoxy) is 4. The summed E-state index contributed by atoms with van der Waals surface area (Å²) in [5.41, 5.74) is 4.28. The number of nitrogens with zero attached hydrogens (tertiary/aromatic N) is 4. The minimum Gasteiger partial charge on any atom is -0.449 e. The Labute approximate surface area is 215 Å². The molecular weight excluding hydrogens is 506 g/mol. The van der Waals surface area contributed by atoms with Gasteiger partial charge in [-0.05, 0) is 6.07 Å². The van der Waals surface area contributed by atoms with E-state index in [1.165, 1.54) is 25.8 Å². The van der Waals surface area contributed by atoms with Crippen molar-refractivity contribution < 1.29 is 38.1 Å². The average Bonchev–Trinajstić information content (AvgIpc) is 3.17. The first-order valence-corrected chi connectivity index (χ1v) is 12.8. The number of methoxy groups -OCH3 is 1. The maximum Gasteiger partial charge on any atom is 0.404 e. The first kappa shape index (κ1) is 24.3. The molecule has 13 nitrogen and oxygen atoms in total. The molecule has 6 rings (SSSR count). The predicted octanol–water partition coefficient (Wildman–Crippen LogP) is -0.683. The molecule has 5 heterocycles. The molecule has 0 saturated carbocycles. The number of primary amides is 1. The number of hydrogen-bond donors (Lipinski definition) is 1. The number of nitrogens with two attached hydrogens (primary N) is 1. The van der Waals surface area contributed by atoms with E-state index < -0.39 is 41.3 Å². The van der Waals surface area contributed by atoms with E-state index in [-0.39, 0.29) is 54.6 Å². The Morgan fingerprint density at radius 1 is 1.22 bits per heavy atom. The smallest absolute Gasteiger partial charge is 0.404 e. The van der Waals surface area contributed by atoms with E-state index in [2.05, 4.69) is 9.97 Å². The quantitative estimate of drug-likeness (QED) is 0.280. The topological polar surface area (TPSA) is 163 Å². The molecular formula is C23H25N5O8S. The zero-order valence-corrected chi connectivity index (χ0v) is 20.9. The van der Waals surface area contributed by atoms with E-state index in [1.807, 2.05) is 0 Å². The maximum absolute atomic E-state index is 14.2. The van der Waals surface area contributed by atoms with Crippen molar-refractivity contribution in [3.05, 3.63) is 29.7 Å². The Bertz CT molecular complexity index is 1220. The summed E-state index contributed by atoms with van der Waals surface area (Å²) >= 11 is 1.22. The van der Waals surface area contributed by atoms with Gasteiger partial charge in [-0.1, -0.05) is 11.8 Å². The van der Waals surface area contributed by atoms with Crippen LogP contribution in [0, 0.1) is 11.8 Å². The van der Waals surface area contributed by atoms with Gasteiger partial charge in [0.1, 0.15) is 12.6 Å². The fraction of sp³-hybridized carbons (Fsp3) is 0.565. The van der Waals surface area contributed by atoms with E-state index in [1.54, 1.807) is 28.3 Å². The first-order chi connectivity index (χ1) is 17.8. The Kier molecular flexibility index (Phi) is 5.56. The molecule has 1 unspecified atom stereocenters. The molecule has 1 aromatic rings. The molecule has 1 spiro atoms. The number of amides is 2. The van der Waals surface area contributed by atoms with Gasteiger partial charge in [0.05, 0.1) is 36.8 Å². The number of hydrogen-bond acceptors (Lipinski definition) is 12. The van der Waals surface area contributed by atoms with Crippen molar-refractivity contribution in [2.45, 2.75) is 35.7 Å². The van der Waals surface area contributed by atoms with Crippen LogP contribution in [0.3, 0.4) is 0 Å². The van der Waals surface area contributed by atoms with Gasteiger partial charge in [0.25, 0.3) is 0 Å². The minimum atomic E-state index is -1.83. The van der Waals surface area contributed by atoms with E-state index in [4.69, 9.17) is 24.7 Å². The van der Waals surface area contributed by atoms with Crippen LogP contribution >= 0.6 is 11.8 Å². The van der Waals surface area contributed by atoms with E-state index in [0.29, 0.717) is 11.7 Å². The lowest BCUT2D eigenvalue weighted by molar-refractivity contribution is -0.197. The SMILES string of the molecule is CO[C@@]12[C@H](COC(N)=O)C3=C(C(=O)C(CSc4ncccn4)C4(OCCO4)C3=O)N1C[C@H]1[C@@H]2N1C(C)=O. The van der Waals surface area contributed by atoms with Crippen LogP contribution in [0.2, 0.25) is 0 Å². The van der Waals surface area contributed by atoms with Crippen LogP contribution in [-0.2, 0) is 33.3 Å². The summed E-state index contributed by atoms with van der Waals surface area (Å²) in [6, 6.07) is 1.04. The van der Waals surface area contributed by atoms with Gasteiger partial charge in [-0.25, -0.2) is 14.8 Å². The summed E-state index contributed by atoms with van der Waals surface area (Å²) in [6.45, 7) is 1.69. The molecule has 196 valence electrons. The minimum absolute atomic E-state index is 0.112. The van der Waals surface area contributed by atoms with Crippen LogP contribution in [0.15, 0.2) is 34.9 Å². The summed E-state index contributed by atoms with van der Waals surface area (Å²) < 4.78 is 23.0. The normalized spacial score (nSPS) is 33.0. The Hall–Kier alpha value is -3.07. The molecule has 5 atom stereocenters. The van der Waals surface area contributed by atoms with E-state index in [0.717, 1.165) is 0 Å². The van der Waals surface area contributed by atoms with Crippen molar-refractivity contribution in [3.8, 4) is 0 Å². The molecule has 14 heteroatoms. The average molecular weight is 532 g/mol. The first-order valence-electron chi connectivity index (χ1n) is 11.8. The summed E-state index contributed by atoms with van der Waals surface area (Å²) in [6.07, 6.45) is 2.15. The third-order valence-corrected chi connectivity index (χ3v) is 8.78. The summed E-state index contributed by atoms with van der Waals surface area (Å²) in [4.78, 5) is 64.1. The van der Waals surface area contributed by atoms with Crippen molar-refractivity contribution >= 4 is 35.3 Å². The van der Waals surface area contributed by atoms with Crippen molar-refractivity contribution in [1.82, 2.24) is 19.8 Å². The number of rotatable bonds is 6. The van der Waals surface area contributed by atoms with Gasteiger partial charge in [-0.2, -0.15) is 0 Å². The number of ketones is 2. The molecule has 2 amide bonds. The highest BCUT2D eigenvalue weighted by molar-refractivity contribution is 7.99. The Balaban J connectivity index is 1.43. The molecule has 0 aromatic carbocycles. The van der Waals surface area contributed by atoms with E-state index in [9.17, 15) is 19.2 Å². The molecule has 4 aliphatic heterocycles. The van der Waals surface area contributed by atoms with Gasteiger partial charge in [0.2, 0.25) is 17.5 Å². The zero-order chi connectivity index (χ0) is 26.1. The van der Waals surface area contributed by atoms with Gasteiger partial charge < -0.3 is 34.5 Å². The molecule has 3 fully saturated rings. The van der Waals surface area contributed by atoms with Crippen molar-refractivity contribution in [2.75, 3.05) is 39.2 Å². The number of aromatic nitrogens is 2. The molecule has 37 heavy (non-hydrogen) atoms. The van der Waals surface area contributed by atoms with Crippen molar-refractivity contribution in [3.63, 3.8) is 0 Å². The molecule has 0 bridgehead atoms. The van der Waals surface area contributed by atoms with Gasteiger partial charge in [0, 0.05) is 44.3 Å². The number of thioether (sulfide) groups is 1. The van der Waals surface area contributed by atoms with Crippen molar-refractivity contribution in [1.29, 1.82) is 0 Å².